The maximum Gasteiger partial charge on any atom is 0.0640 e. The number of hydrazine groups is 1. The van der Waals surface area contributed by atoms with Gasteiger partial charge in [0.1, 0.15) is 0 Å². The Bertz CT molecular complexity index is 406. The molecule has 0 saturated carbocycles. The molecule has 20 heavy (non-hydrogen) atoms. The predicted molar refractivity (Wildman–Crippen MR) is 80.2 cm³/mol. The van der Waals surface area contributed by atoms with Gasteiger partial charge in [-0.1, -0.05) is 13.8 Å². The van der Waals surface area contributed by atoms with E-state index in [9.17, 15) is 0 Å². The molecule has 2 rings (SSSR count). The lowest BCUT2D eigenvalue weighted by Gasteiger charge is -2.25. The summed E-state index contributed by atoms with van der Waals surface area (Å²) in [6, 6.07) is 2.79. The number of hydrogen-bond donors (Lipinski definition) is 2. The van der Waals surface area contributed by atoms with Crippen molar-refractivity contribution in [2.75, 3.05) is 6.61 Å². The van der Waals surface area contributed by atoms with Crippen molar-refractivity contribution in [2.45, 2.75) is 64.6 Å². The first-order valence-corrected chi connectivity index (χ1v) is 7.81. The fourth-order valence-electron chi connectivity index (χ4n) is 3.02. The van der Waals surface area contributed by atoms with Crippen LogP contribution in [-0.4, -0.2) is 28.5 Å². The van der Waals surface area contributed by atoms with Crippen LogP contribution in [0.1, 0.15) is 51.8 Å². The third kappa shape index (κ3) is 3.40. The summed E-state index contributed by atoms with van der Waals surface area (Å²) in [6.45, 7) is 7.39. The van der Waals surface area contributed by atoms with Crippen LogP contribution < -0.4 is 11.3 Å². The molecule has 0 aliphatic carbocycles. The van der Waals surface area contributed by atoms with Crippen molar-refractivity contribution in [2.24, 2.45) is 11.8 Å². The van der Waals surface area contributed by atoms with E-state index in [0.717, 1.165) is 38.0 Å². The average molecular weight is 280 g/mol. The SMILES string of the molecule is CCC1OCCC1C(Cc1ccn(C(C)CC)n1)NN. The number of aromatic nitrogens is 2. The molecule has 1 aromatic heterocycles. The van der Waals surface area contributed by atoms with E-state index in [4.69, 9.17) is 10.6 Å². The first-order chi connectivity index (χ1) is 9.69. The summed E-state index contributed by atoms with van der Waals surface area (Å²) < 4.78 is 7.82. The maximum absolute atomic E-state index is 5.77. The standard InChI is InChI=1S/C15H28N4O/c1-4-11(3)19-8-6-12(18-19)10-14(17-16)13-7-9-20-15(13)5-2/h6,8,11,13-15,17H,4-5,7,9-10,16H2,1-3H3. The molecule has 4 unspecified atom stereocenters. The van der Waals surface area contributed by atoms with Crippen LogP contribution in [0, 0.1) is 5.92 Å². The van der Waals surface area contributed by atoms with Crippen LogP contribution in [0.15, 0.2) is 12.3 Å². The third-order valence-corrected chi connectivity index (χ3v) is 4.53. The minimum atomic E-state index is 0.239. The van der Waals surface area contributed by atoms with Gasteiger partial charge in [0.25, 0.3) is 0 Å². The molecular formula is C15H28N4O. The van der Waals surface area contributed by atoms with Gasteiger partial charge in [-0.25, -0.2) is 0 Å². The van der Waals surface area contributed by atoms with E-state index >= 15 is 0 Å². The lowest BCUT2D eigenvalue weighted by molar-refractivity contribution is 0.0773. The lowest BCUT2D eigenvalue weighted by Crippen LogP contribution is -2.45. The minimum absolute atomic E-state index is 0.239. The molecule has 5 heteroatoms. The van der Waals surface area contributed by atoms with Gasteiger partial charge in [0.05, 0.1) is 11.8 Å². The Hall–Kier alpha value is -0.910. The number of hydrogen-bond acceptors (Lipinski definition) is 4. The molecule has 114 valence electrons. The molecule has 5 nitrogen and oxygen atoms in total. The van der Waals surface area contributed by atoms with Gasteiger partial charge < -0.3 is 4.74 Å². The quantitative estimate of drug-likeness (QED) is 0.592. The second-order valence-electron chi connectivity index (χ2n) is 5.79. The zero-order chi connectivity index (χ0) is 14.5. The van der Waals surface area contributed by atoms with Crippen molar-refractivity contribution in [3.8, 4) is 0 Å². The molecule has 1 aromatic rings. The van der Waals surface area contributed by atoms with Crippen molar-refractivity contribution in [1.82, 2.24) is 15.2 Å². The zero-order valence-electron chi connectivity index (χ0n) is 12.9. The predicted octanol–water partition coefficient (Wildman–Crippen LogP) is 2.04. The highest BCUT2D eigenvalue weighted by Gasteiger charge is 2.33. The second kappa shape index (κ2) is 7.20. The highest BCUT2D eigenvalue weighted by molar-refractivity contribution is 5.04. The third-order valence-electron chi connectivity index (χ3n) is 4.53. The van der Waals surface area contributed by atoms with E-state index in [1.54, 1.807) is 0 Å². The summed E-state index contributed by atoms with van der Waals surface area (Å²) in [7, 11) is 0. The molecule has 0 radical (unpaired) electrons. The summed E-state index contributed by atoms with van der Waals surface area (Å²) in [5.41, 5.74) is 4.09. The van der Waals surface area contributed by atoms with E-state index in [0.29, 0.717) is 18.1 Å². The highest BCUT2D eigenvalue weighted by atomic mass is 16.5. The Labute approximate surface area is 121 Å². The van der Waals surface area contributed by atoms with Gasteiger partial charge in [0.15, 0.2) is 0 Å². The van der Waals surface area contributed by atoms with Crippen molar-refractivity contribution in [1.29, 1.82) is 0 Å². The Morgan fingerprint density at radius 2 is 2.35 bits per heavy atom. The number of nitrogens with two attached hydrogens (primary N) is 1. The van der Waals surface area contributed by atoms with Crippen molar-refractivity contribution in [3.63, 3.8) is 0 Å². The number of nitrogens with one attached hydrogen (secondary N) is 1. The summed E-state index contributed by atoms with van der Waals surface area (Å²) in [5.74, 6) is 6.25. The number of ether oxygens (including phenoxy) is 1. The van der Waals surface area contributed by atoms with Crippen molar-refractivity contribution >= 4 is 0 Å². The summed E-state index contributed by atoms with van der Waals surface area (Å²) in [5, 5.41) is 4.67. The second-order valence-corrected chi connectivity index (χ2v) is 5.79. The fourth-order valence-corrected chi connectivity index (χ4v) is 3.02. The maximum atomic E-state index is 5.77. The largest absolute Gasteiger partial charge is 0.378 e. The van der Waals surface area contributed by atoms with Crippen molar-refractivity contribution in [3.05, 3.63) is 18.0 Å². The molecule has 0 spiro atoms. The van der Waals surface area contributed by atoms with Gasteiger partial charge in [-0.2, -0.15) is 5.10 Å². The van der Waals surface area contributed by atoms with Crippen LogP contribution in [0.3, 0.4) is 0 Å². The van der Waals surface area contributed by atoms with Crippen LogP contribution in [0.2, 0.25) is 0 Å². The molecule has 1 aliphatic heterocycles. The Balaban J connectivity index is 2.01. The Kier molecular flexibility index (Phi) is 5.57. The molecule has 0 aromatic carbocycles. The van der Waals surface area contributed by atoms with E-state index < -0.39 is 0 Å². The molecule has 4 atom stereocenters. The van der Waals surface area contributed by atoms with E-state index in [2.05, 4.69) is 43.6 Å². The van der Waals surface area contributed by atoms with Gasteiger partial charge in [-0.15, -0.1) is 0 Å². The minimum Gasteiger partial charge on any atom is -0.378 e. The van der Waals surface area contributed by atoms with Crippen molar-refractivity contribution < 1.29 is 4.74 Å². The molecule has 2 heterocycles. The highest BCUT2D eigenvalue weighted by Crippen LogP contribution is 2.27. The smallest absolute Gasteiger partial charge is 0.0640 e. The van der Waals surface area contributed by atoms with Crippen LogP contribution >= 0.6 is 0 Å². The van der Waals surface area contributed by atoms with Crippen LogP contribution in [0.4, 0.5) is 0 Å². The Morgan fingerprint density at radius 3 is 3.00 bits per heavy atom. The number of nitrogens with zero attached hydrogens (tertiary/aromatic N) is 2. The molecule has 1 saturated heterocycles. The molecule has 1 aliphatic rings. The van der Waals surface area contributed by atoms with Gasteiger partial charge in [0, 0.05) is 37.2 Å². The van der Waals surface area contributed by atoms with Crippen LogP contribution in [0.5, 0.6) is 0 Å². The average Bonchev–Trinajstić information content (AvgIpc) is 3.12. The first-order valence-electron chi connectivity index (χ1n) is 7.81. The van der Waals surface area contributed by atoms with Gasteiger partial charge in [0.2, 0.25) is 0 Å². The molecule has 3 N–H and O–H groups in total. The summed E-state index contributed by atoms with van der Waals surface area (Å²) in [6.07, 6.45) is 6.48. The summed E-state index contributed by atoms with van der Waals surface area (Å²) >= 11 is 0. The molecular weight excluding hydrogens is 252 g/mol. The zero-order valence-corrected chi connectivity index (χ0v) is 12.9. The lowest BCUT2D eigenvalue weighted by atomic mass is 9.89. The first kappa shape index (κ1) is 15.5. The van der Waals surface area contributed by atoms with Gasteiger partial charge in [-0.05, 0) is 32.3 Å². The Morgan fingerprint density at radius 1 is 1.55 bits per heavy atom. The fraction of sp³-hybridized carbons (Fsp3) is 0.800. The summed E-state index contributed by atoms with van der Waals surface area (Å²) in [4.78, 5) is 0. The topological polar surface area (TPSA) is 65.1 Å². The molecule has 0 bridgehead atoms. The monoisotopic (exact) mass is 280 g/mol. The molecule has 0 amide bonds. The normalized spacial score (nSPS) is 25.8. The van der Waals surface area contributed by atoms with E-state index in [1.165, 1.54) is 0 Å². The molecule has 1 fully saturated rings. The van der Waals surface area contributed by atoms with E-state index in [-0.39, 0.29) is 6.04 Å². The van der Waals surface area contributed by atoms with E-state index in [1.807, 2.05) is 4.68 Å². The van der Waals surface area contributed by atoms with Gasteiger partial charge in [-0.3, -0.25) is 16.0 Å². The van der Waals surface area contributed by atoms with Crippen LogP contribution in [0.25, 0.3) is 0 Å². The van der Waals surface area contributed by atoms with Crippen LogP contribution in [-0.2, 0) is 11.2 Å². The number of rotatable bonds is 7. The van der Waals surface area contributed by atoms with Gasteiger partial charge >= 0.3 is 0 Å².